The minimum atomic E-state index is -4.50. The maximum atomic E-state index is 11.2. The van der Waals surface area contributed by atoms with Gasteiger partial charge in [-0.05, 0) is 42.7 Å². The molecule has 5 nitrogen and oxygen atoms in total. The van der Waals surface area contributed by atoms with Gasteiger partial charge in [-0.25, -0.2) is 0 Å². The predicted octanol–water partition coefficient (Wildman–Crippen LogP) is 4.55. The normalized spacial score (nSPS) is 11.4. The van der Waals surface area contributed by atoms with Gasteiger partial charge in [0.1, 0.15) is 10.6 Å². The molecule has 2 aromatic carbocycles. The van der Waals surface area contributed by atoms with E-state index in [1.54, 1.807) is 6.07 Å². The van der Waals surface area contributed by atoms with Gasteiger partial charge >= 0.3 is 0 Å². The lowest BCUT2D eigenvalue weighted by atomic mass is 10.1. The molecule has 0 amide bonds. The van der Waals surface area contributed by atoms with Gasteiger partial charge < -0.3 is 9.84 Å². The number of hydrogen-bond acceptors (Lipinski definition) is 4. The van der Waals surface area contributed by atoms with Gasteiger partial charge in [0, 0.05) is 0 Å². The van der Waals surface area contributed by atoms with E-state index in [0.29, 0.717) is 5.75 Å². The third-order valence-corrected chi connectivity index (χ3v) is 4.57. The van der Waals surface area contributed by atoms with Crippen molar-refractivity contribution in [2.45, 2.75) is 43.9 Å². The van der Waals surface area contributed by atoms with Crippen LogP contribution in [0, 0.1) is 0 Å². The van der Waals surface area contributed by atoms with Crippen molar-refractivity contribution in [2.24, 2.45) is 0 Å². The molecule has 0 saturated heterocycles. The van der Waals surface area contributed by atoms with Crippen LogP contribution >= 0.6 is 0 Å². The highest BCUT2D eigenvalue weighted by molar-refractivity contribution is 7.86. The zero-order valence-corrected chi connectivity index (χ0v) is 14.4. The van der Waals surface area contributed by atoms with Crippen LogP contribution in [0.2, 0.25) is 0 Å². The fourth-order valence-corrected chi connectivity index (χ4v) is 3.04. The van der Waals surface area contributed by atoms with Crippen LogP contribution in [0.3, 0.4) is 0 Å². The second kappa shape index (κ2) is 8.17. The number of phenols is 1. The number of ether oxygens (including phenoxy) is 1. The smallest absolute Gasteiger partial charge is 0.298 e. The largest absolute Gasteiger partial charge is 0.503 e. The predicted molar refractivity (Wildman–Crippen MR) is 92.3 cm³/mol. The lowest BCUT2D eigenvalue weighted by Gasteiger charge is -2.11. The van der Waals surface area contributed by atoms with Crippen molar-refractivity contribution in [3.63, 3.8) is 0 Å². The molecule has 2 aromatic rings. The van der Waals surface area contributed by atoms with E-state index in [2.05, 4.69) is 6.92 Å². The molecule has 0 aliphatic heterocycles. The van der Waals surface area contributed by atoms with Crippen LogP contribution in [0.25, 0.3) is 0 Å². The molecule has 24 heavy (non-hydrogen) atoms. The number of rotatable bonds is 8. The van der Waals surface area contributed by atoms with Gasteiger partial charge in [0.25, 0.3) is 10.1 Å². The van der Waals surface area contributed by atoms with Crippen molar-refractivity contribution in [3.8, 4) is 17.2 Å². The standard InChI is InChI=1S/C18H22O5S/c1-2-3-4-5-8-14-9-6-10-15(13-14)23-16-11-7-12-17(18(16)19)24(20,21)22/h6-7,9-13,19H,2-5,8H2,1H3,(H,20,21,22). The Hall–Kier alpha value is -2.05. The van der Waals surface area contributed by atoms with Gasteiger partial charge in [0.2, 0.25) is 0 Å². The minimum Gasteiger partial charge on any atom is -0.503 e. The molecule has 0 radical (unpaired) electrons. The zero-order chi connectivity index (χ0) is 17.6. The maximum Gasteiger partial charge on any atom is 0.298 e. The number of aromatic hydroxyl groups is 1. The summed E-state index contributed by atoms with van der Waals surface area (Å²) in [6, 6.07) is 11.4. The SMILES string of the molecule is CCCCCCc1cccc(Oc2cccc(S(=O)(=O)O)c2O)c1. The van der Waals surface area contributed by atoms with E-state index >= 15 is 0 Å². The lowest BCUT2D eigenvalue weighted by Crippen LogP contribution is -1.99. The molecule has 0 unspecified atom stereocenters. The highest BCUT2D eigenvalue weighted by Gasteiger charge is 2.19. The van der Waals surface area contributed by atoms with Gasteiger partial charge in [-0.2, -0.15) is 8.42 Å². The molecule has 0 fully saturated rings. The maximum absolute atomic E-state index is 11.2. The number of hydrogen-bond donors (Lipinski definition) is 2. The molecule has 0 saturated carbocycles. The van der Waals surface area contributed by atoms with E-state index in [9.17, 15) is 13.5 Å². The summed E-state index contributed by atoms with van der Waals surface area (Å²) in [4.78, 5) is -0.573. The second-order valence-electron chi connectivity index (χ2n) is 5.64. The van der Waals surface area contributed by atoms with Crippen LogP contribution < -0.4 is 4.74 Å². The van der Waals surface area contributed by atoms with E-state index in [-0.39, 0.29) is 5.75 Å². The summed E-state index contributed by atoms with van der Waals surface area (Å²) < 4.78 is 37.1. The summed E-state index contributed by atoms with van der Waals surface area (Å²) in [7, 11) is -4.50. The van der Waals surface area contributed by atoms with Crippen LogP contribution in [0.5, 0.6) is 17.2 Å². The third-order valence-electron chi connectivity index (χ3n) is 3.69. The number of aryl methyl sites for hydroxylation is 1. The Morgan fingerprint density at radius 2 is 1.79 bits per heavy atom. The van der Waals surface area contributed by atoms with Crippen molar-refractivity contribution >= 4 is 10.1 Å². The fraction of sp³-hybridized carbons (Fsp3) is 0.333. The van der Waals surface area contributed by atoms with Crippen molar-refractivity contribution < 1.29 is 22.8 Å². The van der Waals surface area contributed by atoms with E-state index in [1.165, 1.54) is 31.4 Å². The fourth-order valence-electron chi connectivity index (χ4n) is 2.44. The quantitative estimate of drug-likeness (QED) is 0.539. The third kappa shape index (κ3) is 4.97. The van der Waals surface area contributed by atoms with Gasteiger partial charge in [0.15, 0.2) is 11.5 Å². The van der Waals surface area contributed by atoms with E-state index in [1.807, 2.05) is 18.2 Å². The Morgan fingerprint density at radius 1 is 1.04 bits per heavy atom. The second-order valence-corrected chi connectivity index (χ2v) is 7.03. The molecule has 0 aromatic heterocycles. The van der Waals surface area contributed by atoms with Crippen LogP contribution in [0.15, 0.2) is 47.4 Å². The Labute approximate surface area is 142 Å². The highest BCUT2D eigenvalue weighted by Crippen LogP contribution is 2.36. The first kappa shape index (κ1) is 18.3. The molecular formula is C18H22O5S. The van der Waals surface area contributed by atoms with E-state index in [4.69, 9.17) is 9.29 Å². The topological polar surface area (TPSA) is 83.8 Å². The van der Waals surface area contributed by atoms with Crippen molar-refractivity contribution in [1.82, 2.24) is 0 Å². The van der Waals surface area contributed by atoms with Crippen LogP contribution in [-0.2, 0) is 16.5 Å². The molecule has 130 valence electrons. The van der Waals surface area contributed by atoms with Gasteiger partial charge in [-0.15, -0.1) is 0 Å². The number of phenolic OH excluding ortho intramolecular Hbond substituents is 1. The van der Waals surface area contributed by atoms with Crippen molar-refractivity contribution in [2.75, 3.05) is 0 Å². The Bertz CT molecular complexity index is 784. The Balaban J connectivity index is 2.14. The molecule has 2 rings (SSSR count). The molecular weight excluding hydrogens is 328 g/mol. The monoisotopic (exact) mass is 350 g/mol. The van der Waals surface area contributed by atoms with Crippen LogP contribution in [0.1, 0.15) is 38.2 Å². The first-order valence-electron chi connectivity index (χ1n) is 7.98. The molecule has 2 N–H and O–H groups in total. The Morgan fingerprint density at radius 3 is 2.50 bits per heavy atom. The van der Waals surface area contributed by atoms with E-state index < -0.39 is 20.8 Å². The molecule has 0 spiro atoms. The molecule has 0 bridgehead atoms. The first-order chi connectivity index (χ1) is 11.4. The van der Waals surface area contributed by atoms with Crippen molar-refractivity contribution in [3.05, 3.63) is 48.0 Å². The van der Waals surface area contributed by atoms with Crippen molar-refractivity contribution in [1.29, 1.82) is 0 Å². The number of unbranched alkanes of at least 4 members (excludes halogenated alkanes) is 3. The molecule has 0 aliphatic rings. The summed E-state index contributed by atoms with van der Waals surface area (Å²) in [6.45, 7) is 2.17. The summed E-state index contributed by atoms with van der Waals surface area (Å²) in [5, 5.41) is 9.99. The van der Waals surface area contributed by atoms with Gasteiger partial charge in [-0.3, -0.25) is 4.55 Å². The summed E-state index contributed by atoms with van der Waals surface area (Å²) in [6.07, 6.45) is 5.62. The average molecular weight is 350 g/mol. The Kier molecular flexibility index (Phi) is 6.23. The lowest BCUT2D eigenvalue weighted by molar-refractivity contribution is 0.395. The molecule has 0 aliphatic carbocycles. The van der Waals surface area contributed by atoms with Crippen LogP contribution in [-0.4, -0.2) is 18.1 Å². The molecule has 0 heterocycles. The van der Waals surface area contributed by atoms with Gasteiger partial charge in [0.05, 0.1) is 0 Å². The van der Waals surface area contributed by atoms with Crippen LogP contribution in [0.4, 0.5) is 0 Å². The highest BCUT2D eigenvalue weighted by atomic mass is 32.2. The number of para-hydroxylation sites is 1. The molecule has 6 heteroatoms. The summed E-state index contributed by atoms with van der Waals surface area (Å²) in [5.74, 6) is -0.118. The minimum absolute atomic E-state index is 0.0201. The zero-order valence-electron chi connectivity index (χ0n) is 13.6. The first-order valence-corrected chi connectivity index (χ1v) is 9.42. The van der Waals surface area contributed by atoms with E-state index in [0.717, 1.165) is 24.5 Å². The summed E-state index contributed by atoms with van der Waals surface area (Å²) in [5.41, 5.74) is 1.12. The average Bonchev–Trinajstić information content (AvgIpc) is 2.53. The molecule has 0 atom stereocenters. The van der Waals surface area contributed by atoms with Gasteiger partial charge in [-0.1, -0.05) is 44.4 Å². The summed E-state index contributed by atoms with van der Waals surface area (Å²) >= 11 is 0. The number of benzene rings is 2.